The third-order valence-electron chi connectivity index (χ3n) is 5.44. The van der Waals surface area contributed by atoms with Gasteiger partial charge in [-0.1, -0.05) is 23.2 Å². The van der Waals surface area contributed by atoms with E-state index in [2.05, 4.69) is 33.1 Å². The summed E-state index contributed by atoms with van der Waals surface area (Å²) in [4.78, 5) is 5.13. The van der Waals surface area contributed by atoms with Crippen LogP contribution >= 0.6 is 34.5 Å². The van der Waals surface area contributed by atoms with E-state index < -0.39 is 11.9 Å². The van der Waals surface area contributed by atoms with Gasteiger partial charge in [0.2, 0.25) is 0 Å². The van der Waals surface area contributed by atoms with Crippen LogP contribution in [0.5, 0.6) is 0 Å². The Morgan fingerprint density at radius 3 is 2.63 bits per heavy atom. The molecule has 12 heteroatoms. The van der Waals surface area contributed by atoms with Crippen LogP contribution in [0.1, 0.15) is 22.0 Å². The van der Waals surface area contributed by atoms with E-state index in [1.54, 1.807) is 29.8 Å². The quantitative estimate of drug-likeness (QED) is 0.160. The number of rotatable bonds is 9. The van der Waals surface area contributed by atoms with Gasteiger partial charge < -0.3 is 26.8 Å². The Balaban J connectivity index is 1.80. The summed E-state index contributed by atoms with van der Waals surface area (Å²) in [5.41, 5.74) is 9.42. The van der Waals surface area contributed by atoms with Crippen LogP contribution in [0.3, 0.4) is 0 Å². The lowest BCUT2D eigenvalue weighted by Crippen LogP contribution is -2.22. The second-order valence-corrected chi connectivity index (χ2v) is 9.77. The number of halogens is 3. The topological polar surface area (TPSA) is 143 Å². The van der Waals surface area contributed by atoms with Crippen molar-refractivity contribution < 1.29 is 9.50 Å². The first-order chi connectivity index (χ1) is 18.3. The van der Waals surface area contributed by atoms with E-state index in [0.29, 0.717) is 50.8 Å². The van der Waals surface area contributed by atoms with E-state index in [9.17, 15) is 14.9 Å². The van der Waals surface area contributed by atoms with Gasteiger partial charge >= 0.3 is 0 Å². The Morgan fingerprint density at radius 1 is 1.16 bits per heavy atom. The number of hydrogen-bond acceptors (Lipinski definition) is 9. The molecule has 4 aromatic rings. The maximum atomic E-state index is 13.7. The summed E-state index contributed by atoms with van der Waals surface area (Å²) >= 11 is 13.9. The summed E-state index contributed by atoms with van der Waals surface area (Å²) in [5.74, 6) is -0.565. The Hall–Kier alpha value is -4.06. The fourth-order valence-electron chi connectivity index (χ4n) is 3.67. The van der Waals surface area contributed by atoms with Gasteiger partial charge in [0, 0.05) is 46.0 Å². The van der Waals surface area contributed by atoms with Crippen molar-refractivity contribution >= 4 is 62.5 Å². The molecule has 0 aliphatic carbocycles. The SMILES string of the molecule is N#Cc1csc([C@H](Nc2cc(Cl)c3ncc(C#N)c(Nc4ccc(F)c(Cl)c4)c3c2)/C(N)=C/NCCO)c1. The smallest absolute Gasteiger partial charge is 0.141 e. The molecule has 0 radical (unpaired) electrons. The molecule has 1 atom stereocenters. The van der Waals surface area contributed by atoms with Gasteiger partial charge in [-0.15, -0.1) is 11.3 Å². The summed E-state index contributed by atoms with van der Waals surface area (Å²) < 4.78 is 13.7. The van der Waals surface area contributed by atoms with Gasteiger partial charge in [0.1, 0.15) is 24.0 Å². The van der Waals surface area contributed by atoms with Crippen molar-refractivity contribution in [3.8, 4) is 12.1 Å². The second kappa shape index (κ2) is 12.0. The van der Waals surface area contributed by atoms with Crippen molar-refractivity contribution in [2.24, 2.45) is 5.73 Å². The fourth-order valence-corrected chi connectivity index (χ4v) is 5.03. The molecule has 0 saturated heterocycles. The van der Waals surface area contributed by atoms with E-state index >= 15 is 0 Å². The maximum Gasteiger partial charge on any atom is 0.141 e. The van der Waals surface area contributed by atoms with E-state index in [0.717, 1.165) is 4.88 Å². The number of anilines is 3. The number of aliphatic hydroxyl groups is 1. The summed E-state index contributed by atoms with van der Waals surface area (Å²) in [5, 5.41) is 40.0. The number of aliphatic hydroxyl groups excluding tert-OH is 1. The minimum Gasteiger partial charge on any atom is -0.399 e. The minimum absolute atomic E-state index is 0.0665. The van der Waals surface area contributed by atoms with E-state index in [1.165, 1.54) is 35.7 Å². The molecule has 38 heavy (non-hydrogen) atoms. The number of aromatic nitrogens is 1. The number of pyridine rings is 1. The molecule has 0 aliphatic rings. The van der Waals surface area contributed by atoms with Crippen molar-refractivity contribution in [2.75, 3.05) is 23.8 Å². The zero-order valence-corrected chi connectivity index (χ0v) is 21.9. The number of nitrogens with one attached hydrogen (secondary N) is 3. The van der Waals surface area contributed by atoms with Crippen LogP contribution < -0.4 is 21.7 Å². The van der Waals surface area contributed by atoms with Crippen molar-refractivity contribution in [1.82, 2.24) is 10.3 Å². The number of hydrogen-bond donors (Lipinski definition) is 5. The lowest BCUT2D eigenvalue weighted by Gasteiger charge is -2.21. The highest BCUT2D eigenvalue weighted by Gasteiger charge is 2.20. The fraction of sp³-hybridized carbons (Fsp3) is 0.115. The minimum atomic E-state index is -0.565. The van der Waals surface area contributed by atoms with Crippen LogP contribution in [0.2, 0.25) is 10.0 Å². The average molecular weight is 568 g/mol. The number of benzene rings is 2. The molecule has 0 saturated carbocycles. The van der Waals surface area contributed by atoms with Gasteiger partial charge in [-0.3, -0.25) is 4.98 Å². The Labute approximate surface area is 231 Å². The standard InChI is InChI=1S/C26H20Cl2FN7OS/c27-19-7-16(1-2-21(19)29)35-24-15(10-31)11-34-25-18(24)6-17(8-20(25)28)36-26(22(32)12-33-3-4-37)23-5-14(9-30)13-38-23/h1-2,5-8,11-13,26,33,36-37H,3-4,32H2,(H,34,35)/b22-12-/t26-/m1/s1. The van der Waals surface area contributed by atoms with Crippen molar-refractivity contribution in [3.05, 3.63) is 91.7 Å². The first-order valence-corrected chi connectivity index (χ1v) is 12.8. The molecular weight excluding hydrogens is 548 g/mol. The van der Waals surface area contributed by atoms with Crippen LogP contribution in [-0.2, 0) is 0 Å². The molecule has 0 aliphatic heterocycles. The van der Waals surface area contributed by atoms with Gasteiger partial charge in [0.15, 0.2) is 0 Å². The van der Waals surface area contributed by atoms with Gasteiger partial charge in [-0.05, 0) is 36.4 Å². The predicted molar refractivity (Wildman–Crippen MR) is 149 cm³/mol. The number of nitrogens with two attached hydrogens (primary N) is 1. The highest BCUT2D eigenvalue weighted by Crippen LogP contribution is 2.37. The second-order valence-electron chi connectivity index (χ2n) is 8.02. The molecule has 2 aromatic carbocycles. The average Bonchev–Trinajstić information content (AvgIpc) is 3.39. The van der Waals surface area contributed by atoms with Crippen LogP contribution in [0, 0.1) is 28.5 Å². The summed E-state index contributed by atoms with van der Waals surface area (Å²) in [7, 11) is 0. The van der Waals surface area contributed by atoms with Gasteiger partial charge in [0.25, 0.3) is 0 Å². The monoisotopic (exact) mass is 567 g/mol. The molecule has 0 amide bonds. The molecule has 0 fully saturated rings. The van der Waals surface area contributed by atoms with E-state index in [1.807, 2.05) is 0 Å². The largest absolute Gasteiger partial charge is 0.399 e. The number of nitrogens with zero attached hydrogens (tertiary/aromatic N) is 3. The molecule has 2 aromatic heterocycles. The zero-order chi connectivity index (χ0) is 27.2. The molecule has 6 N–H and O–H groups in total. The summed E-state index contributed by atoms with van der Waals surface area (Å²) in [6.07, 6.45) is 2.99. The normalized spacial score (nSPS) is 12.0. The predicted octanol–water partition coefficient (Wildman–Crippen LogP) is 5.76. The summed E-state index contributed by atoms with van der Waals surface area (Å²) in [6, 6.07) is 13.0. The van der Waals surface area contributed by atoms with E-state index in [4.69, 9.17) is 34.0 Å². The molecular formula is C26H20Cl2FN7OS. The number of thiophene rings is 1. The first kappa shape index (κ1) is 27.0. The van der Waals surface area contributed by atoms with Gasteiger partial charge in [-0.25, -0.2) is 4.39 Å². The van der Waals surface area contributed by atoms with Crippen LogP contribution in [0.15, 0.2) is 59.9 Å². The Morgan fingerprint density at radius 2 is 1.95 bits per heavy atom. The Bertz CT molecular complexity index is 1610. The van der Waals surface area contributed by atoms with Crippen molar-refractivity contribution in [3.63, 3.8) is 0 Å². The molecule has 2 heterocycles. The van der Waals surface area contributed by atoms with Crippen molar-refractivity contribution in [1.29, 1.82) is 10.5 Å². The molecule has 4 rings (SSSR count). The molecule has 8 nitrogen and oxygen atoms in total. The zero-order valence-electron chi connectivity index (χ0n) is 19.6. The van der Waals surface area contributed by atoms with Crippen LogP contribution in [0.25, 0.3) is 10.9 Å². The number of nitriles is 2. The first-order valence-electron chi connectivity index (χ1n) is 11.1. The Kier molecular flexibility index (Phi) is 8.52. The molecule has 0 bridgehead atoms. The molecule has 192 valence electrons. The summed E-state index contributed by atoms with van der Waals surface area (Å²) in [6.45, 7) is 0.247. The lowest BCUT2D eigenvalue weighted by atomic mass is 10.1. The highest BCUT2D eigenvalue weighted by atomic mass is 35.5. The molecule has 0 unspecified atom stereocenters. The lowest BCUT2D eigenvalue weighted by molar-refractivity contribution is 0.298. The van der Waals surface area contributed by atoms with Crippen molar-refractivity contribution in [2.45, 2.75) is 6.04 Å². The van der Waals surface area contributed by atoms with Crippen LogP contribution in [0.4, 0.5) is 21.5 Å². The maximum absolute atomic E-state index is 13.7. The highest BCUT2D eigenvalue weighted by molar-refractivity contribution is 7.10. The van der Waals surface area contributed by atoms with Gasteiger partial charge in [0.05, 0.1) is 44.7 Å². The molecule has 0 spiro atoms. The number of fused-ring (bicyclic) bond motifs is 1. The van der Waals surface area contributed by atoms with Gasteiger partial charge in [-0.2, -0.15) is 10.5 Å². The van der Waals surface area contributed by atoms with Crippen LogP contribution in [-0.4, -0.2) is 23.2 Å². The van der Waals surface area contributed by atoms with E-state index in [-0.39, 0.29) is 17.2 Å². The third-order valence-corrected chi connectivity index (χ3v) is 7.01. The third kappa shape index (κ3) is 5.91.